The summed E-state index contributed by atoms with van der Waals surface area (Å²) >= 11 is 1.28. The molecule has 0 bridgehead atoms. The van der Waals surface area contributed by atoms with Crippen LogP contribution >= 0.6 is 11.3 Å². The highest BCUT2D eigenvalue weighted by Gasteiger charge is 2.34. The van der Waals surface area contributed by atoms with Crippen LogP contribution in [0.4, 0.5) is 0 Å². The third kappa shape index (κ3) is 3.16. The topological polar surface area (TPSA) is 86.7 Å². The summed E-state index contributed by atoms with van der Waals surface area (Å²) in [7, 11) is 0. The summed E-state index contributed by atoms with van der Waals surface area (Å²) in [6.45, 7) is 2.30. The zero-order valence-electron chi connectivity index (χ0n) is 11.1. The Hall–Kier alpha value is -1.89. The fourth-order valence-electron chi connectivity index (χ4n) is 2.21. The molecule has 0 radical (unpaired) electrons. The zero-order valence-corrected chi connectivity index (χ0v) is 11.9. The van der Waals surface area contributed by atoms with Crippen LogP contribution in [0, 0.1) is 0 Å². The molecule has 1 aromatic rings. The van der Waals surface area contributed by atoms with Gasteiger partial charge in [0.1, 0.15) is 6.04 Å². The van der Waals surface area contributed by atoms with E-state index in [0.29, 0.717) is 30.8 Å². The van der Waals surface area contributed by atoms with Gasteiger partial charge in [-0.1, -0.05) is 0 Å². The number of carbonyl (C=O) groups is 3. The van der Waals surface area contributed by atoms with Crippen LogP contribution in [0.5, 0.6) is 0 Å². The number of aliphatic carboxylic acids is 1. The minimum absolute atomic E-state index is 0.128. The van der Waals surface area contributed by atoms with Gasteiger partial charge in [0, 0.05) is 18.3 Å². The monoisotopic (exact) mass is 296 g/mol. The lowest BCUT2D eigenvalue weighted by Gasteiger charge is -2.20. The van der Waals surface area contributed by atoms with E-state index >= 15 is 0 Å². The maximum Gasteiger partial charge on any atom is 0.326 e. The normalized spacial score (nSPS) is 18.1. The minimum Gasteiger partial charge on any atom is -0.480 e. The van der Waals surface area contributed by atoms with E-state index in [4.69, 9.17) is 5.11 Å². The summed E-state index contributed by atoms with van der Waals surface area (Å²) in [5, 5.41) is 11.8. The first kappa shape index (κ1) is 14.5. The Morgan fingerprint density at radius 3 is 2.85 bits per heavy atom. The number of carboxylic acid groups (broad SMARTS) is 1. The summed E-state index contributed by atoms with van der Waals surface area (Å²) < 4.78 is 0. The molecule has 2 amide bonds. The van der Waals surface area contributed by atoms with Gasteiger partial charge in [-0.05, 0) is 25.0 Å². The van der Waals surface area contributed by atoms with Gasteiger partial charge in [0.05, 0.1) is 11.4 Å². The second-order valence-electron chi connectivity index (χ2n) is 4.67. The first-order valence-electron chi connectivity index (χ1n) is 6.36. The Balaban J connectivity index is 2.05. The molecule has 1 aliphatic rings. The lowest BCUT2D eigenvalue weighted by molar-refractivity contribution is -0.141. The highest BCUT2D eigenvalue weighted by atomic mass is 32.1. The molecule has 6 nitrogen and oxygen atoms in total. The standard InChI is InChI=1S/C13H16N2O4S/c1-8(16)14-7-9-4-5-11(20-9)12(17)15-6-2-3-10(15)13(18)19/h4-5,10H,2-3,6-7H2,1H3,(H,14,16)(H,18,19). The number of carboxylic acids is 1. The van der Waals surface area contributed by atoms with Gasteiger partial charge in [0.2, 0.25) is 5.91 Å². The number of hydrogen-bond donors (Lipinski definition) is 2. The van der Waals surface area contributed by atoms with E-state index in [1.807, 2.05) is 0 Å². The van der Waals surface area contributed by atoms with Crippen molar-refractivity contribution in [2.75, 3.05) is 6.54 Å². The second kappa shape index (κ2) is 6.04. The second-order valence-corrected chi connectivity index (χ2v) is 5.84. The van der Waals surface area contributed by atoms with E-state index in [1.165, 1.54) is 23.2 Å². The number of rotatable bonds is 4. The molecular formula is C13H16N2O4S. The average molecular weight is 296 g/mol. The number of carbonyl (C=O) groups excluding carboxylic acids is 2. The van der Waals surface area contributed by atoms with Crippen molar-refractivity contribution in [3.63, 3.8) is 0 Å². The van der Waals surface area contributed by atoms with Gasteiger partial charge < -0.3 is 15.3 Å². The third-order valence-electron chi connectivity index (χ3n) is 3.18. The summed E-state index contributed by atoms with van der Waals surface area (Å²) in [5.41, 5.74) is 0. The van der Waals surface area contributed by atoms with Gasteiger partial charge in [-0.3, -0.25) is 9.59 Å². The predicted octanol–water partition coefficient (Wildman–Crippen LogP) is 1.07. The molecule has 0 spiro atoms. The quantitative estimate of drug-likeness (QED) is 0.870. The van der Waals surface area contributed by atoms with Crippen LogP contribution in [0.15, 0.2) is 12.1 Å². The zero-order chi connectivity index (χ0) is 14.7. The lowest BCUT2D eigenvalue weighted by Crippen LogP contribution is -2.40. The highest BCUT2D eigenvalue weighted by Crippen LogP contribution is 2.24. The van der Waals surface area contributed by atoms with Crippen molar-refractivity contribution in [1.82, 2.24) is 10.2 Å². The summed E-state index contributed by atoms with van der Waals surface area (Å²) in [5.74, 6) is -1.32. The molecule has 7 heteroatoms. The van der Waals surface area contributed by atoms with Crippen molar-refractivity contribution in [1.29, 1.82) is 0 Å². The maximum atomic E-state index is 12.3. The minimum atomic E-state index is -0.953. The van der Waals surface area contributed by atoms with E-state index < -0.39 is 12.0 Å². The first-order valence-corrected chi connectivity index (χ1v) is 7.17. The predicted molar refractivity (Wildman–Crippen MR) is 73.5 cm³/mol. The van der Waals surface area contributed by atoms with Gasteiger partial charge in [-0.15, -0.1) is 11.3 Å². The Bertz CT molecular complexity index is 540. The molecule has 0 saturated carbocycles. The summed E-state index contributed by atoms with van der Waals surface area (Å²) in [6, 6.07) is 2.74. The Kier molecular flexibility index (Phi) is 4.39. The van der Waals surface area contributed by atoms with E-state index in [9.17, 15) is 14.4 Å². The van der Waals surface area contributed by atoms with E-state index in [0.717, 1.165) is 4.88 Å². The lowest BCUT2D eigenvalue weighted by atomic mass is 10.2. The highest BCUT2D eigenvalue weighted by molar-refractivity contribution is 7.14. The van der Waals surface area contributed by atoms with Crippen molar-refractivity contribution in [2.45, 2.75) is 32.4 Å². The third-order valence-corrected chi connectivity index (χ3v) is 4.26. The number of hydrogen-bond acceptors (Lipinski definition) is 4. The van der Waals surface area contributed by atoms with Crippen molar-refractivity contribution >= 4 is 29.1 Å². The largest absolute Gasteiger partial charge is 0.480 e. The van der Waals surface area contributed by atoms with Crippen molar-refractivity contribution < 1.29 is 19.5 Å². The van der Waals surface area contributed by atoms with Crippen LogP contribution in [-0.4, -0.2) is 40.4 Å². The van der Waals surface area contributed by atoms with Crippen molar-refractivity contribution in [3.8, 4) is 0 Å². The Morgan fingerprint density at radius 2 is 2.20 bits per heavy atom. The molecule has 108 valence electrons. The van der Waals surface area contributed by atoms with E-state index in [-0.39, 0.29) is 11.8 Å². The smallest absolute Gasteiger partial charge is 0.326 e. The Morgan fingerprint density at radius 1 is 1.45 bits per heavy atom. The van der Waals surface area contributed by atoms with Crippen LogP contribution in [0.1, 0.15) is 34.3 Å². The number of nitrogens with zero attached hydrogens (tertiary/aromatic N) is 1. The number of likely N-dealkylation sites (tertiary alicyclic amines) is 1. The summed E-state index contributed by atoms with van der Waals surface area (Å²) in [6.07, 6.45) is 1.22. The number of amides is 2. The molecule has 1 atom stereocenters. The van der Waals surface area contributed by atoms with Crippen LogP contribution in [-0.2, 0) is 16.1 Å². The molecule has 0 aliphatic carbocycles. The Labute approximate surface area is 120 Å². The first-order chi connectivity index (χ1) is 9.49. The van der Waals surface area contributed by atoms with Gasteiger partial charge in [0.25, 0.3) is 5.91 Å². The van der Waals surface area contributed by atoms with Crippen LogP contribution in [0.3, 0.4) is 0 Å². The van der Waals surface area contributed by atoms with Gasteiger partial charge in [-0.2, -0.15) is 0 Å². The van der Waals surface area contributed by atoms with E-state index in [2.05, 4.69) is 5.32 Å². The van der Waals surface area contributed by atoms with Crippen molar-refractivity contribution in [2.24, 2.45) is 0 Å². The molecule has 2 heterocycles. The molecule has 2 rings (SSSR count). The molecule has 1 saturated heterocycles. The average Bonchev–Trinajstić information content (AvgIpc) is 3.04. The van der Waals surface area contributed by atoms with E-state index in [1.54, 1.807) is 12.1 Å². The van der Waals surface area contributed by atoms with Crippen LogP contribution < -0.4 is 5.32 Å². The number of nitrogens with one attached hydrogen (secondary N) is 1. The molecule has 20 heavy (non-hydrogen) atoms. The SMILES string of the molecule is CC(=O)NCc1ccc(C(=O)N2CCCC2C(=O)O)s1. The van der Waals surface area contributed by atoms with Crippen LogP contribution in [0.25, 0.3) is 0 Å². The molecule has 1 unspecified atom stereocenters. The molecule has 1 aromatic heterocycles. The molecule has 1 aliphatic heterocycles. The van der Waals surface area contributed by atoms with Gasteiger partial charge >= 0.3 is 5.97 Å². The molecule has 1 fully saturated rings. The maximum absolute atomic E-state index is 12.3. The fraction of sp³-hybridized carbons (Fsp3) is 0.462. The van der Waals surface area contributed by atoms with Crippen molar-refractivity contribution in [3.05, 3.63) is 21.9 Å². The van der Waals surface area contributed by atoms with Gasteiger partial charge in [-0.25, -0.2) is 4.79 Å². The van der Waals surface area contributed by atoms with Gasteiger partial charge in [0.15, 0.2) is 0 Å². The molecule has 0 aromatic carbocycles. The fourth-order valence-corrected chi connectivity index (χ4v) is 3.11. The number of thiophene rings is 1. The molecular weight excluding hydrogens is 280 g/mol. The molecule has 2 N–H and O–H groups in total. The van der Waals surface area contributed by atoms with Crippen LogP contribution in [0.2, 0.25) is 0 Å². The summed E-state index contributed by atoms with van der Waals surface area (Å²) in [4.78, 5) is 37.0.